The Bertz CT molecular complexity index is 1400. The summed E-state index contributed by atoms with van der Waals surface area (Å²) in [4.78, 5) is 2.50. The quantitative estimate of drug-likeness (QED) is 0.516. The number of nitrogens with one attached hydrogen (secondary N) is 1. The molecule has 0 radical (unpaired) electrons. The molecule has 0 saturated carbocycles. The van der Waals surface area contributed by atoms with E-state index in [0.717, 1.165) is 28.7 Å². The predicted octanol–water partition coefficient (Wildman–Crippen LogP) is 3.70. The molecule has 1 aliphatic heterocycles. The molecule has 1 aliphatic carbocycles. The Labute approximate surface area is 207 Å². The molecule has 0 bridgehead atoms. The first-order chi connectivity index (χ1) is 17.3. The number of hydrogen-bond donors (Lipinski definition) is 1. The lowest BCUT2D eigenvalue weighted by atomic mass is 9.97. The monoisotopic (exact) mass is 518 g/mol. The van der Waals surface area contributed by atoms with E-state index in [0.29, 0.717) is 57.0 Å². The van der Waals surface area contributed by atoms with Gasteiger partial charge in [-0.3, -0.25) is 0 Å². The zero-order chi connectivity index (χ0) is 25.3. The van der Waals surface area contributed by atoms with E-state index in [-0.39, 0.29) is 17.4 Å². The highest BCUT2D eigenvalue weighted by Gasteiger charge is 2.32. The summed E-state index contributed by atoms with van der Waals surface area (Å²) in [5.74, 6) is -1.94. The van der Waals surface area contributed by atoms with Gasteiger partial charge in [0.2, 0.25) is 10.0 Å². The van der Waals surface area contributed by atoms with Crippen molar-refractivity contribution in [2.24, 2.45) is 0 Å². The second-order valence-electron chi connectivity index (χ2n) is 8.86. The number of morpholine rings is 1. The van der Waals surface area contributed by atoms with Gasteiger partial charge in [0.1, 0.15) is 17.3 Å². The van der Waals surface area contributed by atoms with Crippen molar-refractivity contribution in [1.29, 1.82) is 0 Å². The summed E-state index contributed by atoms with van der Waals surface area (Å²) in [6.45, 7) is 1.73. The van der Waals surface area contributed by atoms with Crippen molar-refractivity contribution < 1.29 is 26.3 Å². The molecule has 11 heteroatoms. The molecule has 5 rings (SSSR count). The van der Waals surface area contributed by atoms with Crippen LogP contribution in [-0.4, -0.2) is 49.5 Å². The van der Waals surface area contributed by atoms with E-state index >= 15 is 0 Å². The maximum absolute atomic E-state index is 14.8. The summed E-state index contributed by atoms with van der Waals surface area (Å²) in [6, 6.07) is 9.53. The summed E-state index contributed by atoms with van der Waals surface area (Å²) in [6.07, 6.45) is 3.18. The van der Waals surface area contributed by atoms with Crippen molar-refractivity contribution in [3.8, 4) is 5.69 Å². The fourth-order valence-electron chi connectivity index (χ4n) is 4.75. The number of nitrogens with zero attached hydrogens (tertiary/aromatic N) is 3. The van der Waals surface area contributed by atoms with Crippen molar-refractivity contribution in [2.45, 2.75) is 25.2 Å². The zero-order valence-corrected chi connectivity index (χ0v) is 20.1. The molecule has 1 saturated heterocycles. The molecule has 2 heterocycles. The van der Waals surface area contributed by atoms with Gasteiger partial charge in [0, 0.05) is 36.0 Å². The highest BCUT2D eigenvalue weighted by Crippen LogP contribution is 2.39. The van der Waals surface area contributed by atoms with E-state index in [1.807, 2.05) is 6.07 Å². The van der Waals surface area contributed by atoms with Crippen molar-refractivity contribution in [1.82, 2.24) is 19.6 Å². The summed E-state index contributed by atoms with van der Waals surface area (Å²) in [7, 11) is -3.81. The second kappa shape index (κ2) is 10.2. The van der Waals surface area contributed by atoms with Crippen molar-refractivity contribution in [3.63, 3.8) is 0 Å². The minimum atomic E-state index is -3.81. The Kier molecular flexibility index (Phi) is 6.98. The van der Waals surface area contributed by atoms with Gasteiger partial charge in [-0.1, -0.05) is 12.1 Å². The number of ether oxygens (including phenoxy) is 1. The normalized spacial score (nSPS) is 18.7. The van der Waals surface area contributed by atoms with E-state index < -0.39 is 21.7 Å². The van der Waals surface area contributed by atoms with Crippen LogP contribution in [0.5, 0.6) is 0 Å². The fourth-order valence-corrected chi connectivity index (χ4v) is 5.66. The molecule has 1 unspecified atom stereocenters. The van der Waals surface area contributed by atoms with E-state index in [4.69, 9.17) is 4.74 Å². The number of fused-ring (bicyclic) bond motifs is 1. The molecule has 1 aromatic heterocycles. The van der Waals surface area contributed by atoms with Crippen LogP contribution in [-0.2, 0) is 27.6 Å². The van der Waals surface area contributed by atoms with Gasteiger partial charge in [-0.25, -0.2) is 31.3 Å². The lowest BCUT2D eigenvalue weighted by Crippen LogP contribution is -2.47. The summed E-state index contributed by atoms with van der Waals surface area (Å²) in [5, 5.41) is 7.12. The Morgan fingerprint density at radius 3 is 2.61 bits per heavy atom. The van der Waals surface area contributed by atoms with Crippen LogP contribution < -0.4 is 4.83 Å². The van der Waals surface area contributed by atoms with Crippen LogP contribution in [0.1, 0.15) is 34.9 Å². The van der Waals surface area contributed by atoms with E-state index in [9.17, 15) is 21.6 Å². The van der Waals surface area contributed by atoms with Gasteiger partial charge in [0.25, 0.3) is 0 Å². The molecule has 0 spiro atoms. The zero-order valence-electron chi connectivity index (χ0n) is 19.3. The van der Waals surface area contributed by atoms with Crippen LogP contribution in [0.4, 0.5) is 13.2 Å². The Hall–Kier alpha value is -2.99. The molecule has 0 amide bonds. The number of benzene rings is 2. The average Bonchev–Trinajstić information content (AvgIpc) is 3.40. The third-order valence-electron chi connectivity index (χ3n) is 6.37. The van der Waals surface area contributed by atoms with Crippen LogP contribution in [0.15, 0.2) is 47.9 Å². The molecule has 36 heavy (non-hydrogen) atoms. The summed E-state index contributed by atoms with van der Waals surface area (Å²) in [5.41, 5.74) is 2.74. The first-order valence-electron chi connectivity index (χ1n) is 11.6. The Morgan fingerprint density at radius 1 is 1.08 bits per heavy atom. The average molecular weight is 519 g/mol. The molecule has 3 aromatic rings. The van der Waals surface area contributed by atoms with Crippen molar-refractivity contribution in [2.75, 3.05) is 26.3 Å². The molecule has 1 atom stereocenters. The second-order valence-corrected chi connectivity index (χ2v) is 10.4. The molecular weight excluding hydrogens is 493 g/mol. The first kappa shape index (κ1) is 24.7. The molecule has 2 aromatic carbocycles. The first-order valence-corrected chi connectivity index (χ1v) is 13.2. The molecule has 7 nitrogen and oxygen atoms in total. The minimum Gasteiger partial charge on any atom is -0.379 e. The van der Waals surface area contributed by atoms with Crippen molar-refractivity contribution >= 4 is 16.1 Å². The summed E-state index contributed by atoms with van der Waals surface area (Å²) >= 11 is 0. The SMILES string of the molecule is O=S(=O)(C=Cc1nn(-c2ccc(F)cc2F)c2c1CCC2Cc1cccc(F)c1)NN1CCOCC1. The van der Waals surface area contributed by atoms with Gasteiger partial charge in [0.15, 0.2) is 5.82 Å². The third-order valence-corrected chi connectivity index (χ3v) is 7.37. The van der Waals surface area contributed by atoms with Crippen molar-refractivity contribution in [3.05, 3.63) is 87.8 Å². The van der Waals surface area contributed by atoms with Gasteiger partial charge in [-0.05, 0) is 55.2 Å². The number of hydrogen-bond acceptors (Lipinski definition) is 5. The number of aromatic nitrogens is 2. The van der Waals surface area contributed by atoms with Gasteiger partial charge in [-0.2, -0.15) is 5.10 Å². The van der Waals surface area contributed by atoms with E-state index in [1.165, 1.54) is 29.0 Å². The number of rotatable bonds is 7. The smallest absolute Gasteiger partial charge is 0.246 e. The third kappa shape index (κ3) is 5.39. The van der Waals surface area contributed by atoms with Crippen LogP contribution in [0, 0.1) is 17.5 Å². The fraction of sp³-hybridized carbons (Fsp3) is 0.320. The van der Waals surface area contributed by atoms with Crippen LogP contribution >= 0.6 is 0 Å². The highest BCUT2D eigenvalue weighted by molar-refractivity contribution is 7.92. The maximum Gasteiger partial charge on any atom is 0.246 e. The number of halogens is 3. The van der Waals surface area contributed by atoms with Gasteiger partial charge in [-0.15, -0.1) is 4.83 Å². The number of sulfonamides is 1. The number of hydrazine groups is 1. The van der Waals surface area contributed by atoms with E-state index in [2.05, 4.69) is 9.93 Å². The lowest BCUT2D eigenvalue weighted by Gasteiger charge is -2.25. The molecule has 2 aliphatic rings. The Balaban J connectivity index is 1.50. The summed E-state index contributed by atoms with van der Waals surface area (Å²) < 4.78 is 74.0. The Morgan fingerprint density at radius 2 is 1.86 bits per heavy atom. The van der Waals surface area contributed by atoms with Gasteiger partial charge in [0.05, 0.1) is 24.6 Å². The molecule has 190 valence electrons. The topological polar surface area (TPSA) is 76.5 Å². The standard InChI is InChI=1S/C25H25F3N4O3S/c26-19-3-1-2-17(15-19)14-18-4-6-21-23(8-13-36(33,34)30-31-9-11-35-12-10-31)29-32(25(18)21)24-7-5-20(27)16-22(24)28/h1-3,5,7-8,13,15-16,18,30H,4,6,9-12,14H2. The van der Waals surface area contributed by atoms with Crippen LogP contribution in [0.3, 0.4) is 0 Å². The molecule has 1 N–H and O–H groups in total. The van der Waals surface area contributed by atoms with Gasteiger partial charge >= 0.3 is 0 Å². The van der Waals surface area contributed by atoms with Crippen LogP contribution in [0.2, 0.25) is 0 Å². The molecular formula is C25H25F3N4O3S. The van der Waals surface area contributed by atoms with E-state index in [1.54, 1.807) is 11.1 Å². The minimum absolute atomic E-state index is 0.0627. The highest BCUT2D eigenvalue weighted by atomic mass is 32.2. The largest absolute Gasteiger partial charge is 0.379 e. The lowest BCUT2D eigenvalue weighted by molar-refractivity contribution is 0.0274. The maximum atomic E-state index is 14.8. The molecule has 1 fully saturated rings. The predicted molar refractivity (Wildman–Crippen MR) is 128 cm³/mol. The van der Waals surface area contributed by atoms with Crippen LogP contribution in [0.25, 0.3) is 11.8 Å². The van der Waals surface area contributed by atoms with Gasteiger partial charge < -0.3 is 4.74 Å².